The van der Waals surface area contributed by atoms with Crippen molar-refractivity contribution in [2.75, 3.05) is 13.2 Å². The minimum atomic E-state index is -1.23. The van der Waals surface area contributed by atoms with Gasteiger partial charge in [0.1, 0.15) is 12.7 Å². The SMILES string of the molecule is CCCCCCCCO[C@@H]1O[C@H](COC(C)=O)[C@@H](OC(=O)C(C)C)[C@H](OC(=O)C(C)C)[C@H]1OC(C)=O. The van der Waals surface area contributed by atoms with Crippen molar-refractivity contribution in [2.45, 2.75) is 118 Å². The molecule has 0 spiro atoms. The number of hydrogen-bond acceptors (Lipinski definition) is 10. The van der Waals surface area contributed by atoms with E-state index in [1.807, 2.05) is 0 Å². The van der Waals surface area contributed by atoms with Gasteiger partial charge in [-0.25, -0.2) is 0 Å². The average molecular weight is 517 g/mol. The fourth-order valence-corrected chi connectivity index (χ4v) is 3.56. The molecule has 0 bridgehead atoms. The van der Waals surface area contributed by atoms with Crippen LogP contribution in [0.5, 0.6) is 0 Å². The Labute approximate surface area is 214 Å². The summed E-state index contributed by atoms with van der Waals surface area (Å²) in [6.07, 6.45) is 0.527. The van der Waals surface area contributed by atoms with E-state index in [4.69, 9.17) is 28.4 Å². The summed E-state index contributed by atoms with van der Waals surface area (Å²) in [5.74, 6) is -3.35. The van der Waals surface area contributed by atoms with E-state index in [2.05, 4.69) is 6.92 Å². The molecule has 208 valence electrons. The van der Waals surface area contributed by atoms with Crippen LogP contribution in [0.2, 0.25) is 0 Å². The summed E-state index contributed by atoms with van der Waals surface area (Å²) in [4.78, 5) is 48.6. The van der Waals surface area contributed by atoms with Crippen LogP contribution in [-0.2, 0) is 47.6 Å². The predicted octanol–water partition coefficient (Wildman–Crippen LogP) is 3.72. The highest BCUT2D eigenvalue weighted by atomic mass is 16.7. The summed E-state index contributed by atoms with van der Waals surface area (Å²) < 4.78 is 33.9. The molecule has 0 aromatic heterocycles. The molecule has 1 aliphatic heterocycles. The van der Waals surface area contributed by atoms with E-state index >= 15 is 0 Å². The normalized spacial score (nSPS) is 23.9. The summed E-state index contributed by atoms with van der Waals surface area (Å²) in [5, 5.41) is 0. The Morgan fingerprint density at radius 1 is 0.722 bits per heavy atom. The minimum Gasteiger partial charge on any atom is -0.463 e. The number of carbonyl (C=O) groups is 4. The van der Waals surface area contributed by atoms with Gasteiger partial charge in [-0.3, -0.25) is 19.2 Å². The number of unbranched alkanes of at least 4 members (excludes halogenated alkanes) is 5. The van der Waals surface area contributed by atoms with Crippen LogP contribution in [0.3, 0.4) is 0 Å². The van der Waals surface area contributed by atoms with Crippen LogP contribution in [0.25, 0.3) is 0 Å². The van der Waals surface area contributed by atoms with E-state index in [0.717, 1.165) is 32.1 Å². The Hall–Kier alpha value is -2.20. The molecule has 5 atom stereocenters. The maximum atomic E-state index is 12.6. The Bertz CT molecular complexity index is 705. The number of carbonyl (C=O) groups excluding carboxylic acids is 4. The first-order valence-corrected chi connectivity index (χ1v) is 13.0. The number of rotatable bonds is 15. The lowest BCUT2D eigenvalue weighted by molar-refractivity contribution is -0.309. The van der Waals surface area contributed by atoms with E-state index in [-0.39, 0.29) is 6.61 Å². The maximum absolute atomic E-state index is 12.6. The molecule has 0 amide bonds. The fraction of sp³-hybridized carbons (Fsp3) is 0.846. The van der Waals surface area contributed by atoms with Gasteiger partial charge in [0.05, 0.1) is 11.8 Å². The van der Waals surface area contributed by atoms with Crippen LogP contribution in [0.15, 0.2) is 0 Å². The van der Waals surface area contributed by atoms with Crippen molar-refractivity contribution in [3.63, 3.8) is 0 Å². The van der Waals surface area contributed by atoms with Crippen molar-refractivity contribution in [1.82, 2.24) is 0 Å². The van der Waals surface area contributed by atoms with Gasteiger partial charge in [0.15, 0.2) is 24.6 Å². The molecule has 0 saturated carbocycles. The Kier molecular flexibility index (Phi) is 14.6. The highest BCUT2D eigenvalue weighted by Crippen LogP contribution is 2.31. The molecule has 1 fully saturated rings. The van der Waals surface area contributed by atoms with Crippen LogP contribution in [-0.4, -0.2) is 67.8 Å². The van der Waals surface area contributed by atoms with Gasteiger partial charge < -0.3 is 28.4 Å². The second kappa shape index (κ2) is 16.5. The zero-order chi connectivity index (χ0) is 27.3. The first-order valence-electron chi connectivity index (χ1n) is 13.0. The van der Waals surface area contributed by atoms with E-state index < -0.39 is 66.4 Å². The Morgan fingerprint density at radius 3 is 1.81 bits per heavy atom. The topological polar surface area (TPSA) is 124 Å². The third-order valence-corrected chi connectivity index (χ3v) is 5.57. The van der Waals surface area contributed by atoms with Gasteiger partial charge in [-0.1, -0.05) is 66.7 Å². The molecular formula is C26H44O10. The van der Waals surface area contributed by atoms with E-state index in [1.54, 1.807) is 27.7 Å². The van der Waals surface area contributed by atoms with Crippen molar-refractivity contribution in [1.29, 1.82) is 0 Å². The third-order valence-electron chi connectivity index (χ3n) is 5.57. The quantitative estimate of drug-likeness (QED) is 0.181. The highest BCUT2D eigenvalue weighted by Gasteiger charge is 2.53. The molecule has 0 aliphatic carbocycles. The smallest absolute Gasteiger partial charge is 0.308 e. The Balaban J connectivity index is 3.21. The van der Waals surface area contributed by atoms with Gasteiger partial charge in [-0.2, -0.15) is 0 Å². The third kappa shape index (κ3) is 11.2. The number of hydrogen-bond donors (Lipinski definition) is 0. The monoisotopic (exact) mass is 516 g/mol. The largest absolute Gasteiger partial charge is 0.463 e. The van der Waals surface area contributed by atoms with Gasteiger partial charge >= 0.3 is 23.9 Å². The van der Waals surface area contributed by atoms with Crippen LogP contribution in [0.4, 0.5) is 0 Å². The molecule has 0 aromatic carbocycles. The second-order valence-electron chi connectivity index (χ2n) is 9.67. The van der Waals surface area contributed by atoms with Gasteiger partial charge in [-0.15, -0.1) is 0 Å². The van der Waals surface area contributed by atoms with Crippen molar-refractivity contribution >= 4 is 23.9 Å². The molecule has 0 unspecified atom stereocenters. The lowest BCUT2D eigenvalue weighted by Crippen LogP contribution is -2.63. The minimum absolute atomic E-state index is 0.273. The van der Waals surface area contributed by atoms with Gasteiger partial charge in [-0.05, 0) is 6.42 Å². The van der Waals surface area contributed by atoms with Gasteiger partial charge in [0.2, 0.25) is 0 Å². The van der Waals surface area contributed by atoms with Crippen molar-refractivity contribution in [3.05, 3.63) is 0 Å². The molecular weight excluding hydrogens is 472 g/mol. The van der Waals surface area contributed by atoms with Crippen LogP contribution >= 0.6 is 0 Å². The summed E-state index contributed by atoms with van der Waals surface area (Å²) in [6.45, 7) is 11.3. The zero-order valence-corrected chi connectivity index (χ0v) is 22.8. The molecule has 10 nitrogen and oxygen atoms in total. The summed E-state index contributed by atoms with van der Waals surface area (Å²) in [7, 11) is 0. The molecule has 0 N–H and O–H groups in total. The molecule has 1 aliphatic rings. The number of esters is 4. The van der Waals surface area contributed by atoms with Gasteiger partial charge in [0, 0.05) is 20.5 Å². The van der Waals surface area contributed by atoms with E-state index in [9.17, 15) is 19.2 Å². The molecule has 36 heavy (non-hydrogen) atoms. The lowest BCUT2D eigenvalue weighted by Gasteiger charge is -2.44. The summed E-state index contributed by atoms with van der Waals surface area (Å²) >= 11 is 0. The molecule has 10 heteroatoms. The maximum Gasteiger partial charge on any atom is 0.308 e. The lowest BCUT2D eigenvalue weighted by atomic mass is 9.97. The van der Waals surface area contributed by atoms with Gasteiger partial charge in [0.25, 0.3) is 0 Å². The standard InChI is InChI=1S/C26H44O10/c1-8-9-10-11-12-13-14-31-26-23(33-19(7)28)22(36-25(30)17(4)5)21(35-24(29)16(2)3)20(34-26)15-32-18(6)27/h16-17,20-23,26H,8-15H2,1-7H3/t20-,21-,22+,23-,26-/m1/s1. The summed E-state index contributed by atoms with van der Waals surface area (Å²) in [6, 6.07) is 0. The fourth-order valence-electron chi connectivity index (χ4n) is 3.56. The molecule has 0 radical (unpaired) electrons. The van der Waals surface area contributed by atoms with E-state index in [0.29, 0.717) is 6.61 Å². The van der Waals surface area contributed by atoms with E-state index in [1.165, 1.54) is 20.3 Å². The van der Waals surface area contributed by atoms with Crippen molar-refractivity contribution < 1.29 is 47.6 Å². The second-order valence-corrected chi connectivity index (χ2v) is 9.67. The van der Waals surface area contributed by atoms with Crippen LogP contribution < -0.4 is 0 Å². The number of ether oxygens (including phenoxy) is 6. The predicted molar refractivity (Wildman–Crippen MR) is 130 cm³/mol. The zero-order valence-electron chi connectivity index (χ0n) is 22.8. The first-order chi connectivity index (χ1) is 17.0. The van der Waals surface area contributed by atoms with Crippen molar-refractivity contribution in [2.24, 2.45) is 11.8 Å². The average Bonchev–Trinajstić information content (AvgIpc) is 2.79. The highest BCUT2D eigenvalue weighted by molar-refractivity contribution is 5.73. The van der Waals surface area contributed by atoms with Crippen LogP contribution in [0, 0.1) is 11.8 Å². The molecule has 1 rings (SSSR count). The first kappa shape index (κ1) is 31.8. The summed E-state index contributed by atoms with van der Waals surface area (Å²) in [5.41, 5.74) is 0. The molecule has 1 saturated heterocycles. The van der Waals surface area contributed by atoms with Crippen LogP contribution in [0.1, 0.15) is 87.0 Å². The van der Waals surface area contributed by atoms with Crippen molar-refractivity contribution in [3.8, 4) is 0 Å². The molecule has 1 heterocycles. The Morgan fingerprint density at radius 2 is 1.28 bits per heavy atom. The molecule has 0 aromatic rings.